The summed E-state index contributed by atoms with van der Waals surface area (Å²) in [6.07, 6.45) is 0.922. The van der Waals surface area contributed by atoms with Gasteiger partial charge in [0, 0.05) is 25.7 Å². The minimum Gasteiger partial charge on any atom is -0.455 e. The monoisotopic (exact) mass is 378 g/mol. The van der Waals surface area contributed by atoms with Crippen molar-refractivity contribution in [1.29, 1.82) is 0 Å². The Hall–Kier alpha value is -3.17. The summed E-state index contributed by atoms with van der Waals surface area (Å²) in [5.41, 5.74) is 0.552. The largest absolute Gasteiger partial charge is 0.455 e. The first kappa shape index (κ1) is 20.1. The predicted octanol–water partition coefficient (Wildman–Crippen LogP) is 1.20. The second-order valence-corrected chi connectivity index (χ2v) is 6.02. The summed E-state index contributed by atoms with van der Waals surface area (Å²) in [5.74, 6) is -1.60. The molecule has 0 saturated carbocycles. The molecule has 1 heterocycles. The summed E-state index contributed by atoms with van der Waals surface area (Å²) in [5, 5.41) is 15.6. The molecule has 0 aliphatic carbocycles. The van der Waals surface area contributed by atoms with Crippen LogP contribution in [0.1, 0.15) is 19.8 Å². The zero-order valence-corrected chi connectivity index (χ0v) is 15.0. The minimum absolute atomic E-state index is 0.0283. The highest BCUT2D eigenvalue weighted by atomic mass is 16.6. The number of esters is 1. The van der Waals surface area contributed by atoms with Crippen LogP contribution in [-0.4, -0.2) is 49.1 Å². The van der Waals surface area contributed by atoms with E-state index in [9.17, 15) is 24.5 Å². The average Bonchev–Trinajstić information content (AvgIpc) is 2.66. The number of para-hydroxylation sites is 2. The third-order valence-electron chi connectivity index (χ3n) is 4.18. The van der Waals surface area contributed by atoms with Crippen LogP contribution in [0.15, 0.2) is 24.3 Å². The van der Waals surface area contributed by atoms with Gasteiger partial charge in [0.2, 0.25) is 0 Å². The molecule has 0 bridgehead atoms. The summed E-state index contributed by atoms with van der Waals surface area (Å²) < 4.78 is 4.97. The van der Waals surface area contributed by atoms with Gasteiger partial charge in [-0.15, -0.1) is 0 Å². The lowest BCUT2D eigenvalue weighted by molar-refractivity contribution is -0.384. The van der Waals surface area contributed by atoms with E-state index in [-0.39, 0.29) is 11.6 Å². The molecule has 27 heavy (non-hydrogen) atoms. The number of rotatable bonds is 6. The number of nitro groups is 1. The van der Waals surface area contributed by atoms with Crippen molar-refractivity contribution in [2.45, 2.75) is 19.8 Å². The molecule has 1 saturated heterocycles. The number of ether oxygens (including phenoxy) is 1. The Kier molecular flexibility index (Phi) is 7.09. The number of carbonyl (C=O) groups is 3. The summed E-state index contributed by atoms with van der Waals surface area (Å²) in [7, 11) is 0. The summed E-state index contributed by atoms with van der Waals surface area (Å²) in [6, 6.07) is 5.83. The molecule has 1 aliphatic rings. The summed E-state index contributed by atoms with van der Waals surface area (Å²) >= 11 is 0. The zero-order chi connectivity index (χ0) is 19.8. The van der Waals surface area contributed by atoms with Crippen molar-refractivity contribution in [3.8, 4) is 0 Å². The fourth-order valence-electron chi connectivity index (χ4n) is 2.86. The van der Waals surface area contributed by atoms with E-state index in [0.717, 1.165) is 0 Å². The summed E-state index contributed by atoms with van der Waals surface area (Å²) in [4.78, 5) is 47.4. The van der Waals surface area contributed by atoms with Crippen LogP contribution in [0, 0.1) is 16.0 Å². The molecule has 1 aromatic rings. The number of nitro benzene ring substituents is 1. The molecular formula is C17H22N4O6. The first-order chi connectivity index (χ1) is 12.9. The SMILES string of the molecule is CCNC(=O)NC(=O)COC(=O)C1CCN(c2ccccc2[N+](=O)[O-])CC1. The van der Waals surface area contributed by atoms with Crippen LogP contribution in [0.4, 0.5) is 16.2 Å². The van der Waals surface area contributed by atoms with Gasteiger partial charge in [0.25, 0.3) is 11.6 Å². The quantitative estimate of drug-likeness (QED) is 0.432. The number of urea groups is 1. The van der Waals surface area contributed by atoms with E-state index in [4.69, 9.17) is 4.74 Å². The Balaban J connectivity index is 1.82. The number of hydrogen-bond acceptors (Lipinski definition) is 7. The summed E-state index contributed by atoms with van der Waals surface area (Å²) in [6.45, 7) is 2.49. The molecule has 1 aliphatic heterocycles. The van der Waals surface area contributed by atoms with Gasteiger partial charge in [-0.05, 0) is 25.8 Å². The fraction of sp³-hybridized carbons (Fsp3) is 0.471. The third kappa shape index (κ3) is 5.66. The Bertz CT molecular complexity index is 715. The Morgan fingerprint density at radius 1 is 1.26 bits per heavy atom. The third-order valence-corrected chi connectivity index (χ3v) is 4.18. The molecule has 0 aromatic heterocycles. The standard InChI is InChI=1S/C17H22N4O6/c1-2-18-17(24)19-15(22)11-27-16(23)12-7-9-20(10-8-12)13-5-3-4-6-14(13)21(25)26/h3-6,12H,2,7-11H2,1H3,(H2,18,19,22,24). The van der Waals surface area contributed by atoms with Crippen molar-refractivity contribution >= 4 is 29.3 Å². The number of imide groups is 1. The molecule has 2 rings (SSSR count). The molecule has 10 nitrogen and oxygen atoms in total. The van der Waals surface area contributed by atoms with Crippen LogP contribution >= 0.6 is 0 Å². The predicted molar refractivity (Wildman–Crippen MR) is 96.2 cm³/mol. The van der Waals surface area contributed by atoms with E-state index >= 15 is 0 Å². The maximum atomic E-state index is 12.1. The molecule has 146 valence electrons. The van der Waals surface area contributed by atoms with Crippen LogP contribution in [0.2, 0.25) is 0 Å². The highest BCUT2D eigenvalue weighted by Crippen LogP contribution is 2.31. The first-order valence-electron chi connectivity index (χ1n) is 8.65. The molecule has 0 radical (unpaired) electrons. The number of nitrogens with zero attached hydrogens (tertiary/aromatic N) is 2. The maximum Gasteiger partial charge on any atom is 0.321 e. The number of benzene rings is 1. The van der Waals surface area contributed by atoms with Crippen molar-refractivity contribution < 1.29 is 24.0 Å². The Morgan fingerprint density at radius 3 is 2.56 bits per heavy atom. The highest BCUT2D eigenvalue weighted by molar-refractivity contribution is 5.95. The molecule has 10 heteroatoms. The van der Waals surface area contributed by atoms with Gasteiger partial charge in [-0.3, -0.25) is 25.0 Å². The second kappa shape index (κ2) is 9.51. The van der Waals surface area contributed by atoms with E-state index in [1.54, 1.807) is 25.1 Å². The number of carbonyl (C=O) groups excluding carboxylic acids is 3. The molecule has 0 atom stereocenters. The van der Waals surface area contributed by atoms with Crippen LogP contribution in [0.25, 0.3) is 0 Å². The van der Waals surface area contributed by atoms with Crippen LogP contribution < -0.4 is 15.5 Å². The molecular weight excluding hydrogens is 356 g/mol. The highest BCUT2D eigenvalue weighted by Gasteiger charge is 2.29. The van der Waals surface area contributed by atoms with E-state index in [1.807, 2.05) is 10.2 Å². The molecule has 0 spiro atoms. The maximum absolute atomic E-state index is 12.1. The van der Waals surface area contributed by atoms with Crippen molar-refractivity contribution in [3.05, 3.63) is 34.4 Å². The first-order valence-corrected chi connectivity index (χ1v) is 8.65. The van der Waals surface area contributed by atoms with Gasteiger partial charge in [0.05, 0.1) is 10.8 Å². The topological polar surface area (TPSA) is 131 Å². The second-order valence-electron chi connectivity index (χ2n) is 6.02. The smallest absolute Gasteiger partial charge is 0.321 e. The zero-order valence-electron chi connectivity index (χ0n) is 15.0. The van der Waals surface area contributed by atoms with Crippen molar-refractivity contribution in [2.24, 2.45) is 5.92 Å². The van der Waals surface area contributed by atoms with Gasteiger partial charge in [0.1, 0.15) is 5.69 Å². The van der Waals surface area contributed by atoms with Crippen LogP contribution in [-0.2, 0) is 14.3 Å². The van der Waals surface area contributed by atoms with Gasteiger partial charge in [-0.2, -0.15) is 0 Å². The lowest BCUT2D eigenvalue weighted by Gasteiger charge is -2.32. The van der Waals surface area contributed by atoms with E-state index in [0.29, 0.717) is 38.2 Å². The van der Waals surface area contributed by atoms with Crippen molar-refractivity contribution in [1.82, 2.24) is 10.6 Å². The number of nitrogens with one attached hydrogen (secondary N) is 2. The lowest BCUT2D eigenvalue weighted by atomic mass is 9.96. The fourth-order valence-corrected chi connectivity index (χ4v) is 2.86. The minimum atomic E-state index is -0.702. The Labute approximate surface area is 156 Å². The Morgan fingerprint density at radius 2 is 1.93 bits per heavy atom. The van der Waals surface area contributed by atoms with E-state index in [1.165, 1.54) is 6.07 Å². The van der Waals surface area contributed by atoms with Gasteiger partial charge >= 0.3 is 12.0 Å². The average molecular weight is 378 g/mol. The van der Waals surface area contributed by atoms with Gasteiger partial charge in [-0.25, -0.2) is 4.79 Å². The number of piperidine rings is 1. The van der Waals surface area contributed by atoms with E-state index < -0.39 is 29.4 Å². The lowest BCUT2D eigenvalue weighted by Crippen LogP contribution is -2.42. The van der Waals surface area contributed by atoms with Gasteiger partial charge in [0.15, 0.2) is 6.61 Å². The molecule has 1 fully saturated rings. The van der Waals surface area contributed by atoms with Gasteiger partial charge in [-0.1, -0.05) is 12.1 Å². The molecule has 2 N–H and O–H groups in total. The molecule has 1 aromatic carbocycles. The van der Waals surface area contributed by atoms with Crippen LogP contribution in [0.5, 0.6) is 0 Å². The van der Waals surface area contributed by atoms with Crippen molar-refractivity contribution in [3.63, 3.8) is 0 Å². The van der Waals surface area contributed by atoms with Gasteiger partial charge < -0.3 is 15.0 Å². The number of hydrogen-bond donors (Lipinski definition) is 2. The van der Waals surface area contributed by atoms with Crippen molar-refractivity contribution in [2.75, 3.05) is 31.1 Å². The normalized spacial score (nSPS) is 14.3. The van der Waals surface area contributed by atoms with E-state index in [2.05, 4.69) is 5.32 Å². The number of amides is 3. The molecule has 3 amide bonds. The molecule has 0 unspecified atom stereocenters. The van der Waals surface area contributed by atoms with Crippen LogP contribution in [0.3, 0.4) is 0 Å². The number of anilines is 1.